The molecule has 6 heteroatoms. The lowest BCUT2D eigenvalue weighted by atomic mass is 10.1. The van der Waals surface area contributed by atoms with E-state index in [-0.39, 0.29) is 29.5 Å². The number of rotatable bonds is 6. The van der Waals surface area contributed by atoms with Crippen LogP contribution in [0.15, 0.2) is 29.4 Å². The maximum absolute atomic E-state index is 5.78. The minimum absolute atomic E-state index is 0. The van der Waals surface area contributed by atoms with E-state index in [2.05, 4.69) is 41.4 Å². The highest BCUT2D eigenvalue weighted by atomic mass is 127. The quantitative estimate of drug-likeness (QED) is 0.302. The van der Waals surface area contributed by atoms with Crippen molar-refractivity contribution in [3.63, 3.8) is 0 Å². The summed E-state index contributed by atoms with van der Waals surface area (Å²) in [6.07, 6.45) is 3.83. The van der Waals surface area contributed by atoms with Crippen LogP contribution in [0.5, 0.6) is 0 Å². The third-order valence-electron chi connectivity index (χ3n) is 2.34. The SMILES string of the molecule is CC(C)(C)NC(N)=NCCCCNc1ccccn1.I. The summed E-state index contributed by atoms with van der Waals surface area (Å²) >= 11 is 0. The van der Waals surface area contributed by atoms with Crippen molar-refractivity contribution in [1.29, 1.82) is 0 Å². The largest absolute Gasteiger partial charge is 0.370 e. The second-order valence-electron chi connectivity index (χ2n) is 5.49. The zero-order valence-corrected chi connectivity index (χ0v) is 14.8. The van der Waals surface area contributed by atoms with E-state index in [9.17, 15) is 0 Å². The zero-order valence-electron chi connectivity index (χ0n) is 12.5. The number of nitrogens with two attached hydrogens (primary N) is 1. The Morgan fingerprint density at radius 2 is 2.05 bits per heavy atom. The molecular formula is C14H26IN5. The summed E-state index contributed by atoms with van der Waals surface area (Å²) in [5.41, 5.74) is 5.75. The lowest BCUT2D eigenvalue weighted by Crippen LogP contribution is -2.45. The van der Waals surface area contributed by atoms with E-state index in [4.69, 9.17) is 5.73 Å². The number of nitrogens with one attached hydrogen (secondary N) is 2. The highest BCUT2D eigenvalue weighted by Gasteiger charge is 2.09. The summed E-state index contributed by atoms with van der Waals surface area (Å²) in [7, 11) is 0. The predicted molar refractivity (Wildman–Crippen MR) is 96.8 cm³/mol. The normalized spacial score (nSPS) is 11.7. The fourth-order valence-electron chi connectivity index (χ4n) is 1.54. The summed E-state index contributed by atoms with van der Waals surface area (Å²) in [6, 6.07) is 5.84. The summed E-state index contributed by atoms with van der Waals surface area (Å²) in [6.45, 7) is 7.84. The van der Waals surface area contributed by atoms with E-state index in [1.807, 2.05) is 18.2 Å². The highest BCUT2D eigenvalue weighted by Crippen LogP contribution is 2.01. The molecule has 0 saturated heterocycles. The van der Waals surface area contributed by atoms with Gasteiger partial charge in [-0.3, -0.25) is 4.99 Å². The number of halogens is 1. The van der Waals surface area contributed by atoms with E-state index in [1.54, 1.807) is 6.20 Å². The Hall–Kier alpha value is -1.05. The Bertz CT molecular complexity index is 386. The Morgan fingerprint density at radius 1 is 1.30 bits per heavy atom. The molecule has 5 nitrogen and oxygen atoms in total. The molecule has 1 aromatic rings. The van der Waals surface area contributed by atoms with Gasteiger partial charge in [-0.25, -0.2) is 4.98 Å². The zero-order chi connectivity index (χ0) is 14.1. The molecule has 1 heterocycles. The highest BCUT2D eigenvalue weighted by molar-refractivity contribution is 14.0. The standard InChI is InChI=1S/C14H25N5.HI/c1-14(2,3)19-13(15)18-11-7-6-10-17-12-8-4-5-9-16-12;/h4-5,8-9H,6-7,10-11H2,1-3H3,(H,16,17)(H3,15,18,19);1H. The lowest BCUT2D eigenvalue weighted by Gasteiger charge is -2.20. The van der Waals surface area contributed by atoms with Crippen molar-refractivity contribution >= 4 is 35.8 Å². The predicted octanol–water partition coefficient (Wildman–Crippen LogP) is 2.59. The van der Waals surface area contributed by atoms with E-state index in [0.29, 0.717) is 5.96 Å². The molecule has 0 spiro atoms. The van der Waals surface area contributed by atoms with Crippen molar-refractivity contribution in [2.75, 3.05) is 18.4 Å². The van der Waals surface area contributed by atoms with Crippen LogP contribution in [-0.4, -0.2) is 29.6 Å². The van der Waals surface area contributed by atoms with Gasteiger partial charge < -0.3 is 16.4 Å². The lowest BCUT2D eigenvalue weighted by molar-refractivity contribution is 0.508. The third kappa shape index (κ3) is 9.82. The maximum Gasteiger partial charge on any atom is 0.188 e. The van der Waals surface area contributed by atoms with Crippen LogP contribution in [-0.2, 0) is 0 Å². The van der Waals surface area contributed by atoms with E-state index in [1.165, 1.54) is 0 Å². The fourth-order valence-corrected chi connectivity index (χ4v) is 1.54. The molecule has 0 saturated carbocycles. The first-order valence-corrected chi connectivity index (χ1v) is 6.70. The van der Waals surface area contributed by atoms with Crippen LogP contribution >= 0.6 is 24.0 Å². The Morgan fingerprint density at radius 3 is 2.65 bits per heavy atom. The summed E-state index contributed by atoms with van der Waals surface area (Å²) in [5.74, 6) is 1.44. The van der Waals surface area contributed by atoms with Gasteiger partial charge in [0, 0.05) is 24.8 Å². The van der Waals surface area contributed by atoms with Crippen molar-refractivity contribution < 1.29 is 0 Å². The van der Waals surface area contributed by atoms with Crippen LogP contribution in [0.3, 0.4) is 0 Å². The summed E-state index contributed by atoms with van der Waals surface area (Å²) in [5, 5.41) is 6.40. The molecule has 20 heavy (non-hydrogen) atoms. The molecule has 1 rings (SSSR count). The molecule has 0 aromatic carbocycles. The molecule has 0 atom stereocenters. The minimum Gasteiger partial charge on any atom is -0.370 e. The van der Waals surface area contributed by atoms with Gasteiger partial charge in [0.25, 0.3) is 0 Å². The topological polar surface area (TPSA) is 75.3 Å². The number of anilines is 1. The molecule has 0 radical (unpaired) electrons. The van der Waals surface area contributed by atoms with Crippen molar-refractivity contribution in [2.24, 2.45) is 10.7 Å². The molecule has 0 amide bonds. The maximum atomic E-state index is 5.78. The number of aliphatic imine (C=N–C) groups is 1. The number of guanidine groups is 1. The Labute approximate surface area is 138 Å². The number of nitrogens with zero attached hydrogens (tertiary/aromatic N) is 2. The molecule has 1 aromatic heterocycles. The number of hydrogen-bond donors (Lipinski definition) is 3. The van der Waals surface area contributed by atoms with Crippen LogP contribution in [0.4, 0.5) is 5.82 Å². The van der Waals surface area contributed by atoms with Crippen LogP contribution in [0.1, 0.15) is 33.6 Å². The second kappa shape index (κ2) is 9.79. The molecule has 114 valence electrons. The van der Waals surface area contributed by atoms with Crippen molar-refractivity contribution in [3.8, 4) is 0 Å². The van der Waals surface area contributed by atoms with Gasteiger partial charge in [-0.2, -0.15) is 0 Å². The van der Waals surface area contributed by atoms with Gasteiger partial charge in [0.05, 0.1) is 0 Å². The van der Waals surface area contributed by atoms with Crippen molar-refractivity contribution in [3.05, 3.63) is 24.4 Å². The first kappa shape index (κ1) is 18.9. The van der Waals surface area contributed by atoms with Crippen molar-refractivity contribution in [1.82, 2.24) is 10.3 Å². The third-order valence-corrected chi connectivity index (χ3v) is 2.34. The van der Waals surface area contributed by atoms with E-state index >= 15 is 0 Å². The smallest absolute Gasteiger partial charge is 0.188 e. The molecule has 0 aliphatic heterocycles. The van der Waals surface area contributed by atoms with Crippen LogP contribution in [0.25, 0.3) is 0 Å². The van der Waals surface area contributed by atoms with Gasteiger partial charge >= 0.3 is 0 Å². The monoisotopic (exact) mass is 391 g/mol. The van der Waals surface area contributed by atoms with Crippen LogP contribution < -0.4 is 16.4 Å². The molecule has 0 bridgehead atoms. The molecule has 0 aliphatic rings. The van der Waals surface area contributed by atoms with E-state index in [0.717, 1.165) is 31.7 Å². The van der Waals surface area contributed by atoms with Gasteiger partial charge in [-0.15, -0.1) is 24.0 Å². The number of pyridine rings is 1. The summed E-state index contributed by atoms with van der Waals surface area (Å²) < 4.78 is 0. The number of aromatic nitrogens is 1. The first-order chi connectivity index (χ1) is 8.97. The summed E-state index contributed by atoms with van der Waals surface area (Å²) in [4.78, 5) is 8.49. The van der Waals surface area contributed by atoms with Gasteiger partial charge in [-0.05, 0) is 45.7 Å². The van der Waals surface area contributed by atoms with E-state index < -0.39 is 0 Å². The Kier molecular flexibility index (Phi) is 9.28. The van der Waals surface area contributed by atoms with Gasteiger partial charge in [0.2, 0.25) is 0 Å². The average molecular weight is 391 g/mol. The first-order valence-electron chi connectivity index (χ1n) is 6.70. The molecule has 0 aliphatic carbocycles. The molecule has 0 fully saturated rings. The van der Waals surface area contributed by atoms with Crippen molar-refractivity contribution in [2.45, 2.75) is 39.2 Å². The second-order valence-corrected chi connectivity index (χ2v) is 5.49. The molecule has 0 unspecified atom stereocenters. The minimum atomic E-state index is -0.0336. The number of unbranched alkanes of at least 4 members (excludes halogenated alkanes) is 1. The van der Waals surface area contributed by atoms with Gasteiger partial charge in [0.1, 0.15) is 5.82 Å². The number of hydrogen-bond acceptors (Lipinski definition) is 3. The molecular weight excluding hydrogens is 365 g/mol. The van der Waals surface area contributed by atoms with Crippen LogP contribution in [0.2, 0.25) is 0 Å². The average Bonchev–Trinajstić information content (AvgIpc) is 2.32. The van der Waals surface area contributed by atoms with Crippen LogP contribution in [0, 0.1) is 0 Å². The van der Waals surface area contributed by atoms with Gasteiger partial charge in [0.15, 0.2) is 5.96 Å². The Balaban J connectivity index is 0.00000361. The fraction of sp³-hybridized carbons (Fsp3) is 0.571. The van der Waals surface area contributed by atoms with Gasteiger partial charge in [-0.1, -0.05) is 6.07 Å². The molecule has 4 N–H and O–H groups in total.